The van der Waals surface area contributed by atoms with E-state index in [1.165, 1.54) is 89.9 Å². The van der Waals surface area contributed by atoms with E-state index in [0.717, 1.165) is 103 Å². The zero-order valence-electron chi connectivity index (χ0n) is 39.2. The van der Waals surface area contributed by atoms with Crippen molar-refractivity contribution in [2.75, 3.05) is 13.2 Å². The van der Waals surface area contributed by atoms with E-state index in [1.807, 2.05) is 0 Å². The van der Waals surface area contributed by atoms with E-state index in [1.54, 1.807) is 0 Å². The first-order chi connectivity index (χ1) is 29.5. The zero-order chi connectivity index (χ0) is 43.7. The molecule has 0 bridgehead atoms. The lowest BCUT2D eigenvalue weighted by molar-refractivity contribution is -0.167. The Morgan fingerprint density at radius 2 is 0.717 bits per heavy atom. The van der Waals surface area contributed by atoms with E-state index in [2.05, 4.69) is 93.7 Å². The van der Waals surface area contributed by atoms with Crippen LogP contribution in [-0.4, -0.2) is 37.2 Å². The predicted octanol–water partition coefficient (Wildman–Crippen LogP) is 16.3. The van der Waals surface area contributed by atoms with E-state index < -0.39 is 6.10 Å². The molecule has 0 rings (SSSR count). The van der Waals surface area contributed by atoms with Crippen LogP contribution in [0.25, 0.3) is 0 Å². The van der Waals surface area contributed by atoms with Crippen molar-refractivity contribution in [2.24, 2.45) is 0 Å². The maximum atomic E-state index is 12.8. The summed E-state index contributed by atoms with van der Waals surface area (Å²) in [5.41, 5.74) is 0. The number of hydrogen-bond acceptors (Lipinski definition) is 6. The highest BCUT2D eigenvalue weighted by Gasteiger charge is 2.19. The molecule has 6 nitrogen and oxygen atoms in total. The van der Waals surface area contributed by atoms with E-state index in [-0.39, 0.29) is 31.1 Å². The van der Waals surface area contributed by atoms with E-state index in [9.17, 15) is 14.4 Å². The number of esters is 3. The molecule has 0 aromatic heterocycles. The second kappa shape index (κ2) is 48.5. The largest absolute Gasteiger partial charge is 0.462 e. The van der Waals surface area contributed by atoms with Crippen LogP contribution in [-0.2, 0) is 28.6 Å². The summed E-state index contributed by atoms with van der Waals surface area (Å²) in [5.74, 6) is -0.953. The summed E-state index contributed by atoms with van der Waals surface area (Å²) < 4.78 is 16.7. The minimum absolute atomic E-state index is 0.0958. The third-order valence-corrected chi connectivity index (χ3v) is 10.4. The number of rotatable bonds is 44. The zero-order valence-corrected chi connectivity index (χ0v) is 39.2. The lowest BCUT2D eigenvalue weighted by Gasteiger charge is -2.18. The summed E-state index contributed by atoms with van der Waals surface area (Å²) in [4.78, 5) is 37.9. The molecule has 0 aliphatic heterocycles. The van der Waals surface area contributed by atoms with Crippen LogP contribution in [0.5, 0.6) is 0 Å². The van der Waals surface area contributed by atoms with Crippen LogP contribution in [0.2, 0.25) is 0 Å². The summed E-state index contributed by atoms with van der Waals surface area (Å²) in [5, 5.41) is 0. The summed E-state index contributed by atoms with van der Waals surface area (Å²) >= 11 is 0. The molecule has 0 amide bonds. The Kier molecular flexibility index (Phi) is 46.0. The minimum Gasteiger partial charge on any atom is -0.462 e. The standard InChI is InChI=1S/C54H92O6/c1-4-7-10-13-16-19-22-24-26-27-28-30-32-35-38-41-44-47-53(56)59-50-51(49-58-52(55)46-43-40-37-34-31-21-18-15-12-9-6-3)60-54(57)48-45-42-39-36-33-29-25-23-20-17-14-11-8-5-2/h8,11,15,17-18,20-21,24-26,29,31,51H,4-7,9-10,12-14,16,19,22-23,27-28,30,32-50H2,1-3H3/b11-8-,18-15-,20-17-,26-24-,29-25-,31-21-. The van der Waals surface area contributed by atoms with Crippen LogP contribution in [0.4, 0.5) is 0 Å². The summed E-state index contributed by atoms with van der Waals surface area (Å²) in [6.07, 6.45) is 60.3. The van der Waals surface area contributed by atoms with Gasteiger partial charge in [0.25, 0.3) is 0 Å². The maximum Gasteiger partial charge on any atom is 0.306 e. The molecular formula is C54H92O6. The molecular weight excluding hydrogens is 745 g/mol. The average Bonchev–Trinajstić information content (AvgIpc) is 3.24. The lowest BCUT2D eigenvalue weighted by atomic mass is 10.1. The number of allylic oxidation sites excluding steroid dienone is 12. The molecule has 60 heavy (non-hydrogen) atoms. The van der Waals surface area contributed by atoms with Crippen molar-refractivity contribution in [1.82, 2.24) is 0 Å². The monoisotopic (exact) mass is 837 g/mol. The molecule has 0 radical (unpaired) electrons. The van der Waals surface area contributed by atoms with Crippen molar-refractivity contribution in [1.29, 1.82) is 0 Å². The number of unbranched alkanes of at least 4 members (excludes halogenated alkanes) is 22. The van der Waals surface area contributed by atoms with Gasteiger partial charge in [-0.2, -0.15) is 0 Å². The van der Waals surface area contributed by atoms with E-state index in [4.69, 9.17) is 14.2 Å². The fourth-order valence-electron chi connectivity index (χ4n) is 6.66. The maximum absolute atomic E-state index is 12.8. The Bertz CT molecular complexity index is 1140. The number of ether oxygens (including phenoxy) is 3. The second-order valence-corrected chi connectivity index (χ2v) is 16.4. The lowest BCUT2D eigenvalue weighted by Crippen LogP contribution is -2.30. The molecule has 344 valence electrons. The van der Waals surface area contributed by atoms with E-state index in [0.29, 0.717) is 19.3 Å². The topological polar surface area (TPSA) is 78.9 Å². The molecule has 0 saturated carbocycles. The minimum atomic E-state index is -0.798. The molecule has 0 heterocycles. The van der Waals surface area contributed by atoms with Gasteiger partial charge in [-0.25, -0.2) is 0 Å². The molecule has 0 aliphatic carbocycles. The first kappa shape index (κ1) is 56.9. The molecule has 0 aromatic rings. The first-order valence-electron chi connectivity index (χ1n) is 25.0. The van der Waals surface area contributed by atoms with Gasteiger partial charge < -0.3 is 14.2 Å². The van der Waals surface area contributed by atoms with Crippen molar-refractivity contribution >= 4 is 17.9 Å². The number of carbonyl (C=O) groups excluding carboxylic acids is 3. The van der Waals surface area contributed by atoms with Gasteiger partial charge in [-0.3, -0.25) is 14.4 Å². The smallest absolute Gasteiger partial charge is 0.306 e. The molecule has 0 fully saturated rings. The van der Waals surface area contributed by atoms with Crippen LogP contribution in [0.1, 0.15) is 233 Å². The van der Waals surface area contributed by atoms with E-state index >= 15 is 0 Å². The van der Waals surface area contributed by atoms with Crippen LogP contribution >= 0.6 is 0 Å². The van der Waals surface area contributed by atoms with Gasteiger partial charge in [0.2, 0.25) is 0 Å². The van der Waals surface area contributed by atoms with Crippen molar-refractivity contribution in [3.8, 4) is 0 Å². The quantitative estimate of drug-likeness (QED) is 0.0200. The normalized spacial score (nSPS) is 12.7. The molecule has 6 heteroatoms. The van der Waals surface area contributed by atoms with Crippen molar-refractivity contribution in [3.05, 3.63) is 72.9 Å². The first-order valence-corrected chi connectivity index (χ1v) is 25.0. The highest BCUT2D eigenvalue weighted by molar-refractivity contribution is 5.71. The van der Waals surface area contributed by atoms with Crippen LogP contribution in [0.15, 0.2) is 72.9 Å². The van der Waals surface area contributed by atoms with Crippen molar-refractivity contribution < 1.29 is 28.6 Å². The van der Waals surface area contributed by atoms with Gasteiger partial charge in [0.1, 0.15) is 13.2 Å². The highest BCUT2D eigenvalue weighted by atomic mass is 16.6. The number of hydrogen-bond donors (Lipinski definition) is 0. The molecule has 1 atom stereocenters. The average molecular weight is 837 g/mol. The second-order valence-electron chi connectivity index (χ2n) is 16.4. The van der Waals surface area contributed by atoms with Crippen LogP contribution in [0, 0.1) is 0 Å². The van der Waals surface area contributed by atoms with Crippen molar-refractivity contribution in [2.45, 2.75) is 239 Å². The molecule has 0 saturated heterocycles. The summed E-state index contributed by atoms with van der Waals surface area (Å²) in [7, 11) is 0. The van der Waals surface area contributed by atoms with Gasteiger partial charge in [-0.1, -0.05) is 190 Å². The SMILES string of the molecule is CC/C=C\C/C=C\C/C=C\CCCCCCC(=O)OC(COC(=O)CCCCC/C=C\C=C/CCCC)COC(=O)CCCCCCCCC/C=C\CCCCCCCC. The molecule has 0 spiro atoms. The Morgan fingerprint density at radius 1 is 0.367 bits per heavy atom. The van der Waals surface area contributed by atoms with Crippen molar-refractivity contribution in [3.63, 3.8) is 0 Å². The molecule has 0 aromatic carbocycles. The molecule has 0 aliphatic rings. The Balaban J connectivity index is 4.42. The van der Waals surface area contributed by atoms with Gasteiger partial charge in [0.15, 0.2) is 6.10 Å². The fourth-order valence-corrected chi connectivity index (χ4v) is 6.66. The third kappa shape index (κ3) is 45.9. The van der Waals surface area contributed by atoms with Crippen LogP contribution in [0.3, 0.4) is 0 Å². The third-order valence-electron chi connectivity index (χ3n) is 10.4. The molecule has 1 unspecified atom stereocenters. The molecule has 0 N–H and O–H groups in total. The predicted molar refractivity (Wildman–Crippen MR) is 256 cm³/mol. The number of carbonyl (C=O) groups is 3. The van der Waals surface area contributed by atoms with Gasteiger partial charge in [-0.05, 0) is 96.3 Å². The highest BCUT2D eigenvalue weighted by Crippen LogP contribution is 2.13. The van der Waals surface area contributed by atoms with Gasteiger partial charge in [-0.15, -0.1) is 0 Å². The van der Waals surface area contributed by atoms with Gasteiger partial charge in [0.05, 0.1) is 0 Å². The Hall–Kier alpha value is -3.15. The summed E-state index contributed by atoms with van der Waals surface area (Å²) in [6, 6.07) is 0. The van der Waals surface area contributed by atoms with Gasteiger partial charge in [0, 0.05) is 19.3 Å². The Morgan fingerprint density at radius 3 is 1.20 bits per heavy atom. The Labute approximate surface area is 370 Å². The van der Waals surface area contributed by atoms with Gasteiger partial charge >= 0.3 is 17.9 Å². The summed E-state index contributed by atoms with van der Waals surface area (Å²) in [6.45, 7) is 6.41. The fraction of sp³-hybridized carbons (Fsp3) is 0.722. The van der Waals surface area contributed by atoms with Crippen LogP contribution < -0.4 is 0 Å².